The normalized spacial score (nSPS) is 22.7. The predicted molar refractivity (Wildman–Crippen MR) is 168 cm³/mol. The number of carbonyl (C=O) groups excluding carboxylic acids is 1. The number of thiophene rings is 1. The second-order valence-corrected chi connectivity index (χ2v) is 13.2. The van der Waals surface area contributed by atoms with E-state index in [1.54, 1.807) is 0 Å². The van der Waals surface area contributed by atoms with Crippen LogP contribution in [0.1, 0.15) is 31.4 Å². The van der Waals surface area contributed by atoms with E-state index >= 15 is 0 Å². The molecule has 3 aliphatic rings. The summed E-state index contributed by atoms with van der Waals surface area (Å²) in [5.41, 5.74) is 2.95. The van der Waals surface area contributed by atoms with Crippen molar-refractivity contribution in [2.45, 2.75) is 49.7 Å². The molecule has 6 heterocycles. The van der Waals surface area contributed by atoms with Gasteiger partial charge in [0.05, 0.1) is 28.4 Å². The van der Waals surface area contributed by atoms with Gasteiger partial charge in [0.15, 0.2) is 11.2 Å². The summed E-state index contributed by atoms with van der Waals surface area (Å²) in [6.07, 6.45) is -3.28. The minimum atomic E-state index is -5.01. The van der Waals surface area contributed by atoms with Crippen LogP contribution < -0.4 is 15.2 Å². The van der Waals surface area contributed by atoms with Gasteiger partial charge in [-0.25, -0.2) is 18.6 Å². The number of nitrogens with two attached hydrogens (primary N) is 1. The molecule has 3 aliphatic heterocycles. The highest BCUT2D eigenvalue weighted by Gasteiger charge is 2.49. The number of ether oxygens (including phenoxy) is 2. The molecule has 3 unspecified atom stereocenters. The van der Waals surface area contributed by atoms with Crippen molar-refractivity contribution in [1.82, 2.24) is 24.8 Å². The number of halogens is 5. The molecule has 4 aromatic rings. The number of nitrogen functional groups attached to an aromatic ring is 1. The summed E-state index contributed by atoms with van der Waals surface area (Å²) in [6.45, 7) is 12.6. The van der Waals surface area contributed by atoms with Crippen molar-refractivity contribution in [2.75, 3.05) is 38.5 Å². The smallest absolute Gasteiger partial charge is 0.433 e. The van der Waals surface area contributed by atoms with Crippen LogP contribution in [0.3, 0.4) is 0 Å². The summed E-state index contributed by atoms with van der Waals surface area (Å²) in [4.78, 5) is 31.8. The summed E-state index contributed by atoms with van der Waals surface area (Å²) >= 11 is 0.765. The maximum absolute atomic E-state index is 14.8. The van der Waals surface area contributed by atoms with Gasteiger partial charge in [-0.05, 0) is 43.2 Å². The molecule has 1 amide bonds. The summed E-state index contributed by atoms with van der Waals surface area (Å²) < 4.78 is 85.6. The Balaban J connectivity index is 1.37. The number of likely N-dealkylation sites (tertiary alicyclic amines) is 1. The van der Waals surface area contributed by atoms with Gasteiger partial charge in [-0.3, -0.25) is 9.69 Å². The molecular weight excluding hydrogens is 657 g/mol. The number of fused-ring (bicyclic) bond motifs is 3. The van der Waals surface area contributed by atoms with E-state index in [1.807, 2.05) is 4.90 Å². The quantitative estimate of drug-likeness (QED) is 0.137. The Morgan fingerprint density at radius 3 is 2.79 bits per heavy atom. The van der Waals surface area contributed by atoms with Crippen LogP contribution in [0.5, 0.6) is 11.9 Å². The number of hydrogen-bond donors (Lipinski definition) is 1. The number of anilines is 1. The van der Waals surface area contributed by atoms with Crippen molar-refractivity contribution in [3.05, 3.63) is 53.8 Å². The predicted octanol–water partition coefficient (Wildman–Crippen LogP) is 6.32. The van der Waals surface area contributed by atoms with Gasteiger partial charge in [0.25, 0.3) is 0 Å². The second kappa shape index (κ2) is 11.8. The fourth-order valence-electron chi connectivity index (χ4n) is 7.05. The zero-order chi connectivity index (χ0) is 34.0. The lowest BCUT2D eigenvalue weighted by molar-refractivity contribution is -0.140. The van der Waals surface area contributed by atoms with Crippen molar-refractivity contribution in [1.29, 1.82) is 0 Å². The van der Waals surface area contributed by atoms with Crippen molar-refractivity contribution < 1.29 is 36.2 Å². The Kier molecular flexibility index (Phi) is 7.86. The standard InChI is InChI=1S/C32H28F5N7O3S/c1-3-22(45)43-10-7-17(14-43)47-29-24-21(40-30(42-29)46-15-31-8-4-9-44(31)13-16(33)12-31)11-19(27(41-24)32(35,36)37)18-5-6-20(34)26-23(18)25(39-2)28(38)48-26/h3,5-6,11,16-17H,1,4,7-10,12-15,38H2. The number of benzene rings is 1. The maximum atomic E-state index is 14.8. The maximum Gasteiger partial charge on any atom is 0.433 e. The molecule has 1 aromatic carbocycles. The Morgan fingerprint density at radius 1 is 1.23 bits per heavy atom. The highest BCUT2D eigenvalue weighted by molar-refractivity contribution is 7.23. The number of rotatable bonds is 7. The van der Waals surface area contributed by atoms with Gasteiger partial charge in [0.1, 0.15) is 30.2 Å². The van der Waals surface area contributed by atoms with E-state index in [1.165, 1.54) is 4.90 Å². The van der Waals surface area contributed by atoms with Crippen molar-refractivity contribution >= 4 is 49.1 Å². The van der Waals surface area contributed by atoms with E-state index in [9.17, 15) is 26.7 Å². The lowest BCUT2D eigenvalue weighted by atomic mass is 9.95. The molecule has 2 N–H and O–H groups in total. The van der Waals surface area contributed by atoms with Gasteiger partial charge in [-0.2, -0.15) is 23.1 Å². The van der Waals surface area contributed by atoms with Gasteiger partial charge < -0.3 is 20.1 Å². The largest absolute Gasteiger partial charge is 0.471 e. The molecule has 0 spiro atoms. The van der Waals surface area contributed by atoms with E-state index in [0.29, 0.717) is 19.4 Å². The number of amides is 1. The summed E-state index contributed by atoms with van der Waals surface area (Å²) in [7, 11) is 0. The van der Waals surface area contributed by atoms with Crippen LogP contribution in [0, 0.1) is 12.4 Å². The minimum Gasteiger partial charge on any atom is -0.471 e. The lowest BCUT2D eigenvalue weighted by Gasteiger charge is -2.30. The Morgan fingerprint density at radius 2 is 2.04 bits per heavy atom. The molecule has 7 rings (SSSR count). The SMILES string of the molecule is [C-]#[N+]c1c(N)sc2c(F)ccc(-c3cc4nc(OCC56CCCN5CC(F)C6)nc(OC5CCN(C(=O)C=C)C5)c4nc3C(F)(F)F)c12. The first-order chi connectivity index (χ1) is 22.9. The van der Waals surface area contributed by atoms with Gasteiger partial charge >= 0.3 is 12.2 Å². The number of hydrogen-bond acceptors (Lipinski definition) is 9. The molecule has 0 bridgehead atoms. The Hall–Kier alpha value is -4.62. The first-order valence-electron chi connectivity index (χ1n) is 15.2. The molecule has 3 aromatic heterocycles. The van der Waals surface area contributed by atoms with E-state index < -0.39 is 41.1 Å². The number of aromatic nitrogens is 3. The molecular formula is C32H28F5N7O3S. The zero-order valence-electron chi connectivity index (χ0n) is 25.3. The third-order valence-electron chi connectivity index (χ3n) is 9.22. The van der Waals surface area contributed by atoms with Crippen molar-refractivity contribution in [3.63, 3.8) is 0 Å². The van der Waals surface area contributed by atoms with Crippen LogP contribution in [0.15, 0.2) is 30.9 Å². The highest BCUT2D eigenvalue weighted by atomic mass is 32.1. The Labute approximate surface area is 274 Å². The van der Waals surface area contributed by atoms with E-state index in [2.05, 4.69) is 26.4 Å². The lowest BCUT2D eigenvalue weighted by Crippen LogP contribution is -2.43. The van der Waals surface area contributed by atoms with Gasteiger partial charge in [-0.1, -0.05) is 12.6 Å². The number of nitrogens with zero attached hydrogens (tertiary/aromatic N) is 6. The third kappa shape index (κ3) is 5.44. The summed E-state index contributed by atoms with van der Waals surface area (Å²) in [5.74, 6) is -1.34. The van der Waals surface area contributed by atoms with Gasteiger partial charge in [-0.15, -0.1) is 11.3 Å². The second-order valence-electron chi connectivity index (χ2n) is 12.2. The van der Waals surface area contributed by atoms with Crippen LogP contribution in [-0.4, -0.2) is 81.3 Å². The molecule has 3 fully saturated rings. The van der Waals surface area contributed by atoms with Crippen LogP contribution >= 0.6 is 11.3 Å². The Bertz CT molecular complexity index is 2010. The third-order valence-corrected chi connectivity index (χ3v) is 10.2. The average Bonchev–Trinajstić information content (AvgIpc) is 3.81. The number of carbonyl (C=O) groups is 1. The van der Waals surface area contributed by atoms with Crippen LogP contribution in [0.2, 0.25) is 0 Å². The van der Waals surface area contributed by atoms with Crippen LogP contribution in [0.4, 0.5) is 32.6 Å². The molecule has 250 valence electrons. The molecule has 0 radical (unpaired) electrons. The monoisotopic (exact) mass is 685 g/mol. The van der Waals surface area contributed by atoms with E-state index in [4.69, 9.17) is 21.8 Å². The van der Waals surface area contributed by atoms with E-state index in [-0.39, 0.29) is 81.3 Å². The fourth-order valence-corrected chi connectivity index (χ4v) is 7.99. The molecule has 48 heavy (non-hydrogen) atoms. The molecule has 3 saturated heterocycles. The fraction of sp³-hybridized carbons (Fsp3) is 0.406. The molecule has 16 heteroatoms. The van der Waals surface area contributed by atoms with Gasteiger partial charge in [0.2, 0.25) is 17.5 Å². The molecule has 3 atom stereocenters. The number of alkyl halides is 4. The highest BCUT2D eigenvalue weighted by Crippen LogP contribution is 2.49. The van der Waals surface area contributed by atoms with Crippen molar-refractivity contribution in [3.8, 4) is 23.0 Å². The molecule has 0 aliphatic carbocycles. The average molecular weight is 686 g/mol. The minimum absolute atomic E-state index is 0.0364. The van der Waals surface area contributed by atoms with Crippen LogP contribution in [-0.2, 0) is 11.0 Å². The molecule has 10 nitrogen and oxygen atoms in total. The van der Waals surface area contributed by atoms with E-state index in [0.717, 1.165) is 48.6 Å². The number of pyridine rings is 1. The van der Waals surface area contributed by atoms with Gasteiger partial charge in [0, 0.05) is 36.9 Å². The van der Waals surface area contributed by atoms with Crippen LogP contribution in [0.25, 0.3) is 37.1 Å². The first-order valence-corrected chi connectivity index (χ1v) is 16.0. The molecule has 0 saturated carbocycles. The zero-order valence-corrected chi connectivity index (χ0v) is 26.1. The topological polar surface area (TPSA) is 111 Å². The first kappa shape index (κ1) is 32.0. The van der Waals surface area contributed by atoms with Crippen molar-refractivity contribution in [2.24, 2.45) is 0 Å². The summed E-state index contributed by atoms with van der Waals surface area (Å²) in [6, 6.07) is 3.09. The summed E-state index contributed by atoms with van der Waals surface area (Å²) in [5, 5.41) is -0.104.